The Morgan fingerprint density at radius 1 is 1.15 bits per heavy atom. The minimum atomic E-state index is 0.628. The SMILES string of the molecule is CCCCCc1ccc(C(C)=NNc2cc(-n3cc(C)cn3)ncn2)cc1. The number of anilines is 1. The number of aromatic nitrogens is 4. The predicted octanol–water partition coefficient (Wildman–Crippen LogP) is 4.54. The van der Waals surface area contributed by atoms with E-state index in [0.717, 1.165) is 23.3 Å². The van der Waals surface area contributed by atoms with Crippen molar-refractivity contribution >= 4 is 11.5 Å². The van der Waals surface area contributed by atoms with Crippen LogP contribution in [0.2, 0.25) is 0 Å². The molecule has 0 saturated heterocycles. The van der Waals surface area contributed by atoms with Gasteiger partial charge in [0.05, 0.1) is 11.9 Å². The highest BCUT2D eigenvalue weighted by molar-refractivity contribution is 5.99. The van der Waals surface area contributed by atoms with E-state index in [1.807, 2.05) is 26.1 Å². The molecule has 0 unspecified atom stereocenters. The molecule has 0 radical (unpaired) electrons. The molecule has 3 aromatic rings. The van der Waals surface area contributed by atoms with Crippen molar-refractivity contribution in [3.05, 3.63) is 65.7 Å². The lowest BCUT2D eigenvalue weighted by molar-refractivity contribution is 0.717. The van der Waals surface area contributed by atoms with E-state index in [0.29, 0.717) is 11.6 Å². The first-order valence-electron chi connectivity index (χ1n) is 9.39. The van der Waals surface area contributed by atoms with Crippen LogP contribution in [0, 0.1) is 6.92 Å². The Labute approximate surface area is 160 Å². The third-order valence-corrected chi connectivity index (χ3v) is 4.38. The lowest BCUT2D eigenvalue weighted by Gasteiger charge is -2.06. The van der Waals surface area contributed by atoms with E-state index in [-0.39, 0.29) is 0 Å². The second-order valence-corrected chi connectivity index (χ2v) is 6.69. The first kappa shape index (κ1) is 18.8. The largest absolute Gasteiger partial charge is 0.261 e. The van der Waals surface area contributed by atoms with E-state index in [4.69, 9.17) is 0 Å². The number of hydrogen-bond acceptors (Lipinski definition) is 5. The summed E-state index contributed by atoms with van der Waals surface area (Å²) in [7, 11) is 0. The lowest BCUT2D eigenvalue weighted by atomic mass is 10.0. The highest BCUT2D eigenvalue weighted by Crippen LogP contribution is 2.12. The number of nitrogens with one attached hydrogen (secondary N) is 1. The van der Waals surface area contributed by atoms with Gasteiger partial charge in [0.2, 0.25) is 0 Å². The summed E-state index contributed by atoms with van der Waals surface area (Å²) in [6.07, 6.45) is 10.1. The fraction of sp³-hybridized carbons (Fsp3) is 0.333. The molecule has 0 amide bonds. The Hall–Kier alpha value is -3.02. The van der Waals surface area contributed by atoms with Crippen LogP contribution in [0.3, 0.4) is 0 Å². The van der Waals surface area contributed by atoms with Crippen LogP contribution in [-0.2, 0) is 6.42 Å². The van der Waals surface area contributed by atoms with Gasteiger partial charge in [-0.2, -0.15) is 10.2 Å². The zero-order valence-corrected chi connectivity index (χ0v) is 16.2. The first-order chi connectivity index (χ1) is 13.2. The summed E-state index contributed by atoms with van der Waals surface area (Å²) in [6.45, 7) is 6.21. The van der Waals surface area contributed by atoms with Crippen LogP contribution in [0.25, 0.3) is 5.82 Å². The molecule has 0 bridgehead atoms. The monoisotopic (exact) mass is 362 g/mol. The van der Waals surface area contributed by atoms with Crippen LogP contribution in [-0.4, -0.2) is 25.5 Å². The van der Waals surface area contributed by atoms with Gasteiger partial charge in [0.1, 0.15) is 6.33 Å². The molecule has 0 atom stereocenters. The molecule has 1 N–H and O–H groups in total. The predicted molar refractivity (Wildman–Crippen MR) is 109 cm³/mol. The highest BCUT2D eigenvalue weighted by atomic mass is 15.3. The van der Waals surface area contributed by atoms with E-state index in [1.165, 1.54) is 31.2 Å². The summed E-state index contributed by atoms with van der Waals surface area (Å²) in [5.41, 5.74) is 7.47. The Morgan fingerprint density at radius 3 is 2.67 bits per heavy atom. The van der Waals surface area contributed by atoms with Crippen LogP contribution in [0.1, 0.15) is 49.8 Å². The molecular weight excluding hydrogens is 336 g/mol. The normalized spacial score (nSPS) is 11.6. The third kappa shape index (κ3) is 5.23. The quantitative estimate of drug-likeness (QED) is 0.363. The number of benzene rings is 1. The average Bonchev–Trinajstić information content (AvgIpc) is 3.13. The summed E-state index contributed by atoms with van der Waals surface area (Å²) in [6, 6.07) is 10.4. The van der Waals surface area contributed by atoms with Crippen molar-refractivity contribution in [2.45, 2.75) is 46.5 Å². The first-order valence-corrected chi connectivity index (χ1v) is 9.39. The molecule has 3 rings (SSSR count). The van der Waals surface area contributed by atoms with Gasteiger partial charge >= 0.3 is 0 Å². The minimum Gasteiger partial charge on any atom is -0.261 e. The number of unbranched alkanes of at least 4 members (excludes halogenated alkanes) is 2. The van der Waals surface area contributed by atoms with Crippen molar-refractivity contribution in [3.8, 4) is 5.82 Å². The van der Waals surface area contributed by atoms with Crippen LogP contribution in [0.15, 0.2) is 54.2 Å². The summed E-state index contributed by atoms with van der Waals surface area (Å²) in [5.74, 6) is 1.33. The van der Waals surface area contributed by atoms with Gasteiger partial charge < -0.3 is 0 Å². The summed E-state index contributed by atoms with van der Waals surface area (Å²) in [4.78, 5) is 8.47. The molecule has 0 saturated carbocycles. The Bertz CT molecular complexity index is 895. The maximum Gasteiger partial charge on any atom is 0.158 e. The molecule has 2 aromatic heterocycles. The van der Waals surface area contributed by atoms with Gasteiger partial charge in [-0.15, -0.1) is 0 Å². The molecule has 6 nitrogen and oxygen atoms in total. The second kappa shape index (κ2) is 9.07. The maximum absolute atomic E-state index is 4.46. The fourth-order valence-corrected chi connectivity index (χ4v) is 2.77. The molecule has 27 heavy (non-hydrogen) atoms. The van der Waals surface area contributed by atoms with Gasteiger partial charge in [-0.1, -0.05) is 44.0 Å². The summed E-state index contributed by atoms with van der Waals surface area (Å²) in [5, 5.41) is 8.72. The second-order valence-electron chi connectivity index (χ2n) is 6.69. The van der Waals surface area contributed by atoms with Crippen molar-refractivity contribution in [3.63, 3.8) is 0 Å². The van der Waals surface area contributed by atoms with E-state index in [9.17, 15) is 0 Å². The Balaban J connectivity index is 1.65. The molecule has 6 heteroatoms. The van der Waals surface area contributed by atoms with Crippen LogP contribution in [0.4, 0.5) is 5.82 Å². The molecule has 2 heterocycles. The molecule has 0 aliphatic carbocycles. The molecule has 0 spiro atoms. The Morgan fingerprint density at radius 2 is 1.96 bits per heavy atom. The van der Waals surface area contributed by atoms with Gasteiger partial charge in [-0.25, -0.2) is 14.6 Å². The van der Waals surface area contributed by atoms with Crippen molar-refractivity contribution < 1.29 is 0 Å². The number of nitrogens with zero attached hydrogens (tertiary/aromatic N) is 5. The molecule has 0 fully saturated rings. The molecule has 140 valence electrons. The molecule has 1 aromatic carbocycles. The van der Waals surface area contributed by atoms with Gasteiger partial charge in [0.15, 0.2) is 11.6 Å². The van der Waals surface area contributed by atoms with Crippen molar-refractivity contribution in [2.24, 2.45) is 5.10 Å². The highest BCUT2D eigenvalue weighted by Gasteiger charge is 2.03. The average molecular weight is 362 g/mol. The fourth-order valence-electron chi connectivity index (χ4n) is 2.77. The summed E-state index contributed by atoms with van der Waals surface area (Å²) >= 11 is 0. The van der Waals surface area contributed by atoms with Crippen molar-refractivity contribution in [2.75, 3.05) is 5.43 Å². The standard InChI is InChI=1S/C21H26N6/c1-4-5-6-7-18-8-10-19(11-9-18)17(3)25-26-20-12-21(23-15-22-20)27-14-16(2)13-24-27/h8-15H,4-7H2,1-3H3,(H,22,23,26). The van der Waals surface area contributed by atoms with Gasteiger partial charge in [-0.05, 0) is 43.4 Å². The molecular formula is C21H26N6. The zero-order valence-electron chi connectivity index (χ0n) is 16.2. The van der Waals surface area contributed by atoms with E-state index >= 15 is 0 Å². The maximum atomic E-state index is 4.46. The minimum absolute atomic E-state index is 0.628. The van der Waals surface area contributed by atoms with Crippen LogP contribution >= 0.6 is 0 Å². The van der Waals surface area contributed by atoms with Crippen LogP contribution in [0.5, 0.6) is 0 Å². The van der Waals surface area contributed by atoms with Crippen molar-refractivity contribution in [1.29, 1.82) is 0 Å². The van der Waals surface area contributed by atoms with Crippen LogP contribution < -0.4 is 5.43 Å². The van der Waals surface area contributed by atoms with Gasteiger partial charge in [0.25, 0.3) is 0 Å². The number of rotatable bonds is 8. The number of hydrazone groups is 1. The Kier molecular flexibility index (Phi) is 6.30. The molecule has 0 aliphatic rings. The van der Waals surface area contributed by atoms with E-state index < -0.39 is 0 Å². The zero-order chi connectivity index (χ0) is 19.1. The number of aryl methyl sites for hydroxylation is 2. The lowest BCUT2D eigenvalue weighted by Crippen LogP contribution is -2.03. The van der Waals surface area contributed by atoms with Crippen molar-refractivity contribution in [1.82, 2.24) is 19.7 Å². The van der Waals surface area contributed by atoms with Gasteiger partial charge in [0, 0.05) is 12.3 Å². The number of hydrogen-bond donors (Lipinski definition) is 1. The smallest absolute Gasteiger partial charge is 0.158 e. The molecule has 0 aliphatic heterocycles. The van der Waals surface area contributed by atoms with E-state index in [2.05, 4.69) is 56.8 Å². The van der Waals surface area contributed by atoms with Gasteiger partial charge in [-0.3, -0.25) is 5.43 Å². The summed E-state index contributed by atoms with van der Waals surface area (Å²) < 4.78 is 1.72. The topological polar surface area (TPSA) is 68.0 Å². The van der Waals surface area contributed by atoms with E-state index in [1.54, 1.807) is 10.9 Å². The third-order valence-electron chi connectivity index (χ3n) is 4.38.